The maximum atomic E-state index is 11.6. The third kappa shape index (κ3) is 2.46. The smallest absolute Gasteiger partial charge is 0.244 e. The molecule has 0 radical (unpaired) electrons. The first-order valence-corrected chi connectivity index (χ1v) is 6.62. The summed E-state index contributed by atoms with van der Waals surface area (Å²) < 4.78 is 0. The fourth-order valence-corrected chi connectivity index (χ4v) is 2.77. The number of hydrogen-bond donors (Lipinski definition) is 1. The number of piperazine rings is 1. The number of amides is 2. The van der Waals surface area contributed by atoms with Crippen LogP contribution in [0.3, 0.4) is 0 Å². The molecule has 2 fully saturated rings. The first kappa shape index (κ1) is 12.2. The Morgan fingerprint density at radius 1 is 1.00 bits per heavy atom. The summed E-state index contributed by atoms with van der Waals surface area (Å²) in [7, 11) is 0. The van der Waals surface area contributed by atoms with Crippen LogP contribution in [0.2, 0.25) is 0 Å². The number of imide groups is 1. The molecule has 5 nitrogen and oxygen atoms in total. The highest BCUT2D eigenvalue weighted by atomic mass is 16.2. The van der Waals surface area contributed by atoms with Crippen molar-refractivity contribution >= 4 is 17.5 Å². The van der Waals surface area contributed by atoms with Crippen molar-refractivity contribution in [3.05, 3.63) is 30.3 Å². The van der Waals surface area contributed by atoms with Gasteiger partial charge in [0.15, 0.2) is 0 Å². The van der Waals surface area contributed by atoms with Crippen LogP contribution in [-0.2, 0) is 9.59 Å². The van der Waals surface area contributed by atoms with Crippen LogP contribution in [0.1, 0.15) is 6.42 Å². The van der Waals surface area contributed by atoms with Crippen LogP contribution < -0.4 is 10.2 Å². The lowest BCUT2D eigenvalue weighted by atomic mass is 10.1. The molecule has 0 spiro atoms. The molecule has 2 aliphatic heterocycles. The second-order valence-electron chi connectivity index (χ2n) is 4.99. The molecular formula is C14H17N3O2. The summed E-state index contributed by atoms with van der Waals surface area (Å²) in [4.78, 5) is 27.3. The fourth-order valence-electron chi connectivity index (χ4n) is 2.77. The van der Waals surface area contributed by atoms with Gasteiger partial charge in [-0.25, -0.2) is 0 Å². The summed E-state index contributed by atoms with van der Waals surface area (Å²) in [6.07, 6.45) is 0.310. The predicted octanol–water partition coefficient (Wildman–Crippen LogP) is 0.224. The molecule has 0 saturated carbocycles. The second kappa shape index (κ2) is 5.01. The number of carbonyl (C=O) groups is 2. The van der Waals surface area contributed by atoms with E-state index in [4.69, 9.17) is 0 Å². The standard InChI is InChI=1S/C14H17N3O2/c18-13-10-12(14(19)15-13)17-8-6-16(7-9-17)11-4-2-1-3-5-11/h1-5,12H,6-10H2,(H,15,18,19)/t12-/m0/s1. The van der Waals surface area contributed by atoms with Gasteiger partial charge in [0.1, 0.15) is 0 Å². The molecule has 2 heterocycles. The van der Waals surface area contributed by atoms with Crippen molar-refractivity contribution in [2.45, 2.75) is 12.5 Å². The van der Waals surface area contributed by atoms with E-state index in [1.165, 1.54) is 5.69 Å². The minimum absolute atomic E-state index is 0.141. The van der Waals surface area contributed by atoms with Crippen LogP contribution in [0.4, 0.5) is 5.69 Å². The van der Waals surface area contributed by atoms with Crippen molar-refractivity contribution in [2.75, 3.05) is 31.1 Å². The number of para-hydroxylation sites is 1. The molecule has 1 atom stereocenters. The van der Waals surface area contributed by atoms with Gasteiger partial charge in [-0.2, -0.15) is 0 Å². The van der Waals surface area contributed by atoms with E-state index in [1.807, 2.05) is 18.2 Å². The summed E-state index contributed by atoms with van der Waals surface area (Å²) in [5, 5.41) is 2.37. The number of rotatable bonds is 2. The van der Waals surface area contributed by atoms with Crippen LogP contribution in [0, 0.1) is 0 Å². The SMILES string of the molecule is O=C1C[C@H](N2CCN(c3ccccc3)CC2)C(=O)N1. The zero-order chi connectivity index (χ0) is 13.2. The van der Waals surface area contributed by atoms with Gasteiger partial charge in [-0.3, -0.25) is 19.8 Å². The van der Waals surface area contributed by atoms with Gasteiger partial charge in [0.05, 0.1) is 12.5 Å². The summed E-state index contributed by atoms with van der Waals surface area (Å²) >= 11 is 0. The molecular weight excluding hydrogens is 242 g/mol. The molecule has 2 amide bonds. The number of hydrogen-bond acceptors (Lipinski definition) is 4. The molecule has 0 aliphatic carbocycles. The zero-order valence-corrected chi connectivity index (χ0v) is 10.7. The molecule has 5 heteroatoms. The maximum Gasteiger partial charge on any atom is 0.244 e. The van der Waals surface area contributed by atoms with Gasteiger partial charge < -0.3 is 4.90 Å². The highest BCUT2D eigenvalue weighted by Crippen LogP contribution is 2.18. The lowest BCUT2D eigenvalue weighted by molar-refractivity contribution is -0.126. The number of nitrogens with one attached hydrogen (secondary N) is 1. The van der Waals surface area contributed by atoms with E-state index < -0.39 is 0 Å². The highest BCUT2D eigenvalue weighted by Gasteiger charge is 2.36. The Hall–Kier alpha value is -1.88. The van der Waals surface area contributed by atoms with E-state index in [0.717, 1.165) is 26.2 Å². The Labute approximate surface area is 112 Å². The first-order valence-electron chi connectivity index (χ1n) is 6.62. The Kier molecular flexibility index (Phi) is 3.21. The minimum Gasteiger partial charge on any atom is -0.369 e. The van der Waals surface area contributed by atoms with Crippen LogP contribution in [0.25, 0.3) is 0 Å². The van der Waals surface area contributed by atoms with Gasteiger partial charge in [-0.05, 0) is 12.1 Å². The molecule has 3 rings (SSSR count). The average molecular weight is 259 g/mol. The molecule has 0 aromatic heterocycles. The zero-order valence-electron chi connectivity index (χ0n) is 10.7. The van der Waals surface area contributed by atoms with E-state index >= 15 is 0 Å². The van der Waals surface area contributed by atoms with Gasteiger partial charge in [-0.15, -0.1) is 0 Å². The topological polar surface area (TPSA) is 52.7 Å². The van der Waals surface area contributed by atoms with Crippen molar-refractivity contribution in [1.82, 2.24) is 10.2 Å². The van der Waals surface area contributed by atoms with Crippen molar-refractivity contribution in [2.24, 2.45) is 0 Å². The Balaban J connectivity index is 1.61. The molecule has 1 N–H and O–H groups in total. The van der Waals surface area contributed by atoms with Gasteiger partial charge in [0.25, 0.3) is 0 Å². The van der Waals surface area contributed by atoms with Crippen molar-refractivity contribution in [3.63, 3.8) is 0 Å². The Bertz CT molecular complexity index is 481. The number of benzene rings is 1. The van der Waals surface area contributed by atoms with Crippen LogP contribution in [-0.4, -0.2) is 48.9 Å². The quantitative estimate of drug-likeness (QED) is 0.772. The van der Waals surface area contributed by atoms with Gasteiger partial charge in [0.2, 0.25) is 11.8 Å². The Morgan fingerprint density at radius 2 is 1.68 bits per heavy atom. The fraction of sp³-hybridized carbons (Fsp3) is 0.429. The molecule has 2 saturated heterocycles. The van der Waals surface area contributed by atoms with E-state index in [1.54, 1.807) is 0 Å². The van der Waals surface area contributed by atoms with Crippen molar-refractivity contribution in [3.8, 4) is 0 Å². The van der Waals surface area contributed by atoms with Gasteiger partial charge in [0, 0.05) is 31.9 Å². The molecule has 100 valence electrons. The van der Waals surface area contributed by atoms with Crippen molar-refractivity contribution in [1.29, 1.82) is 0 Å². The van der Waals surface area contributed by atoms with Crippen molar-refractivity contribution < 1.29 is 9.59 Å². The van der Waals surface area contributed by atoms with Gasteiger partial charge >= 0.3 is 0 Å². The molecule has 0 bridgehead atoms. The van der Waals surface area contributed by atoms with E-state index in [0.29, 0.717) is 6.42 Å². The molecule has 1 aromatic rings. The maximum absolute atomic E-state index is 11.6. The lowest BCUT2D eigenvalue weighted by Gasteiger charge is -2.37. The molecule has 2 aliphatic rings. The predicted molar refractivity (Wildman–Crippen MR) is 71.8 cm³/mol. The molecule has 0 unspecified atom stereocenters. The summed E-state index contributed by atoms with van der Waals surface area (Å²) in [6, 6.07) is 10.0. The van der Waals surface area contributed by atoms with Crippen LogP contribution in [0.5, 0.6) is 0 Å². The monoisotopic (exact) mass is 259 g/mol. The van der Waals surface area contributed by atoms with Gasteiger partial charge in [-0.1, -0.05) is 18.2 Å². The summed E-state index contributed by atoms with van der Waals surface area (Å²) in [5.41, 5.74) is 1.22. The largest absolute Gasteiger partial charge is 0.369 e. The number of nitrogens with zero attached hydrogens (tertiary/aromatic N) is 2. The normalized spacial score (nSPS) is 24.6. The third-order valence-electron chi connectivity index (χ3n) is 3.82. The first-order chi connectivity index (χ1) is 9.24. The second-order valence-corrected chi connectivity index (χ2v) is 4.99. The summed E-state index contributed by atoms with van der Waals surface area (Å²) in [5.74, 6) is -0.293. The molecule has 19 heavy (non-hydrogen) atoms. The van der Waals surface area contributed by atoms with E-state index in [2.05, 4.69) is 27.2 Å². The van der Waals surface area contributed by atoms with Crippen LogP contribution in [0.15, 0.2) is 30.3 Å². The highest BCUT2D eigenvalue weighted by molar-refractivity contribution is 6.05. The van der Waals surface area contributed by atoms with E-state index in [9.17, 15) is 9.59 Å². The van der Waals surface area contributed by atoms with Crippen LogP contribution >= 0.6 is 0 Å². The lowest BCUT2D eigenvalue weighted by Crippen LogP contribution is -2.52. The Morgan fingerprint density at radius 3 is 2.26 bits per heavy atom. The minimum atomic E-state index is -0.259. The molecule has 1 aromatic carbocycles. The average Bonchev–Trinajstić information content (AvgIpc) is 2.79. The van der Waals surface area contributed by atoms with E-state index in [-0.39, 0.29) is 17.9 Å². The number of anilines is 1. The third-order valence-corrected chi connectivity index (χ3v) is 3.82. The number of carbonyl (C=O) groups excluding carboxylic acids is 2. The summed E-state index contributed by atoms with van der Waals surface area (Å²) in [6.45, 7) is 3.42.